The Labute approximate surface area is 178 Å². The summed E-state index contributed by atoms with van der Waals surface area (Å²) in [5.74, 6) is -0.803. The molecule has 1 aliphatic rings. The molecular formula is C23H14N4O5. The van der Waals surface area contributed by atoms with Gasteiger partial charge in [-0.15, -0.1) is 0 Å². The van der Waals surface area contributed by atoms with Gasteiger partial charge >= 0.3 is 0 Å². The zero-order valence-electron chi connectivity index (χ0n) is 16.3. The van der Waals surface area contributed by atoms with Crippen LogP contribution in [0.4, 0.5) is 0 Å². The maximum absolute atomic E-state index is 13.2. The van der Waals surface area contributed by atoms with E-state index in [2.05, 4.69) is 19.9 Å². The number of ether oxygens (including phenoxy) is 1. The lowest BCUT2D eigenvalue weighted by atomic mass is 9.82. The Morgan fingerprint density at radius 3 is 2.25 bits per heavy atom. The number of aromatic nitrogens is 4. The number of nitrogens with one attached hydrogen (secondary N) is 2. The number of hydrogen-bond donors (Lipinski definition) is 4. The number of aromatic amines is 2. The predicted octanol–water partition coefficient (Wildman–Crippen LogP) is 2.86. The Morgan fingerprint density at radius 2 is 1.50 bits per heavy atom. The highest BCUT2D eigenvalue weighted by Crippen LogP contribution is 2.49. The molecule has 5 aromatic rings. The van der Waals surface area contributed by atoms with Crippen LogP contribution in [0.5, 0.6) is 23.0 Å². The van der Waals surface area contributed by atoms with Crippen LogP contribution in [0, 0.1) is 0 Å². The molecule has 4 aromatic heterocycles. The molecule has 0 amide bonds. The van der Waals surface area contributed by atoms with Gasteiger partial charge in [-0.25, -0.2) is 9.97 Å². The summed E-state index contributed by atoms with van der Waals surface area (Å²) in [4.78, 5) is 40.0. The van der Waals surface area contributed by atoms with Crippen LogP contribution in [-0.4, -0.2) is 30.1 Å². The maximum Gasteiger partial charge on any atom is 0.257 e. The molecule has 9 nitrogen and oxygen atoms in total. The summed E-state index contributed by atoms with van der Waals surface area (Å²) in [7, 11) is 0. The zero-order chi connectivity index (χ0) is 22.0. The van der Waals surface area contributed by atoms with E-state index in [9.17, 15) is 19.8 Å². The lowest BCUT2D eigenvalue weighted by molar-refractivity contribution is 0.434. The average Bonchev–Trinajstić information content (AvgIpc) is 2.78. The molecule has 1 aliphatic heterocycles. The Bertz CT molecular complexity index is 1660. The van der Waals surface area contributed by atoms with Crippen molar-refractivity contribution in [2.45, 2.75) is 5.92 Å². The number of phenolic OH excluding ortho intramolecular Hbond substituents is 1. The van der Waals surface area contributed by atoms with Crippen molar-refractivity contribution in [1.29, 1.82) is 0 Å². The topological polar surface area (TPSA) is 141 Å². The number of nitrogens with zero attached hydrogens (tertiary/aromatic N) is 2. The fourth-order valence-electron chi connectivity index (χ4n) is 4.29. The minimum atomic E-state index is -0.962. The quantitative estimate of drug-likeness (QED) is 0.317. The van der Waals surface area contributed by atoms with E-state index in [0.29, 0.717) is 22.0 Å². The number of rotatable bonds is 1. The van der Waals surface area contributed by atoms with E-state index in [-0.39, 0.29) is 39.8 Å². The number of H-pyrrole nitrogens is 2. The Hall–Kier alpha value is -4.66. The number of pyridine rings is 4. The monoisotopic (exact) mass is 426 g/mol. The lowest BCUT2D eigenvalue weighted by Gasteiger charge is -2.28. The summed E-state index contributed by atoms with van der Waals surface area (Å²) in [6, 6.07) is 11.1. The van der Waals surface area contributed by atoms with Crippen LogP contribution in [0.15, 0.2) is 64.4 Å². The maximum atomic E-state index is 13.2. The van der Waals surface area contributed by atoms with Crippen molar-refractivity contribution in [3.05, 3.63) is 92.3 Å². The molecule has 0 saturated heterocycles. The fourth-order valence-corrected chi connectivity index (χ4v) is 4.29. The SMILES string of the molecule is O=c1[nH]c2ncccc2c(O)c1[C@H]1c2ccc(O)cc2Oc2c1c(=O)[nH]c1ncccc21. The number of fused-ring (bicyclic) bond motifs is 5. The van der Waals surface area contributed by atoms with Gasteiger partial charge in [0.15, 0.2) is 0 Å². The second-order valence-electron chi connectivity index (χ2n) is 7.47. The molecule has 0 bridgehead atoms. The van der Waals surface area contributed by atoms with E-state index in [0.717, 1.165) is 0 Å². The van der Waals surface area contributed by atoms with Crippen molar-refractivity contribution in [3.63, 3.8) is 0 Å². The van der Waals surface area contributed by atoms with Gasteiger partial charge in [0.1, 0.15) is 34.3 Å². The van der Waals surface area contributed by atoms with Gasteiger partial charge < -0.3 is 24.9 Å². The van der Waals surface area contributed by atoms with E-state index in [1.54, 1.807) is 30.3 Å². The number of phenols is 1. The molecule has 0 saturated carbocycles. The summed E-state index contributed by atoms with van der Waals surface area (Å²) in [5, 5.41) is 22.0. The van der Waals surface area contributed by atoms with Gasteiger partial charge in [-0.3, -0.25) is 9.59 Å². The molecule has 0 fully saturated rings. The minimum absolute atomic E-state index is 0.0178. The molecule has 0 spiro atoms. The second-order valence-corrected chi connectivity index (χ2v) is 7.47. The van der Waals surface area contributed by atoms with Crippen LogP contribution < -0.4 is 15.9 Å². The van der Waals surface area contributed by atoms with Gasteiger partial charge in [0.05, 0.1) is 27.8 Å². The van der Waals surface area contributed by atoms with Gasteiger partial charge in [0, 0.05) is 24.0 Å². The number of hydrogen-bond acceptors (Lipinski definition) is 7. The predicted molar refractivity (Wildman–Crippen MR) is 116 cm³/mol. The highest BCUT2D eigenvalue weighted by Gasteiger charge is 2.37. The van der Waals surface area contributed by atoms with Crippen LogP contribution in [0.2, 0.25) is 0 Å². The first-order valence-corrected chi connectivity index (χ1v) is 9.74. The third-order valence-corrected chi connectivity index (χ3v) is 5.67. The van der Waals surface area contributed by atoms with Crippen molar-refractivity contribution in [1.82, 2.24) is 19.9 Å². The Kier molecular flexibility index (Phi) is 3.64. The van der Waals surface area contributed by atoms with Crippen LogP contribution >= 0.6 is 0 Å². The molecule has 4 N–H and O–H groups in total. The average molecular weight is 426 g/mol. The van der Waals surface area contributed by atoms with Crippen molar-refractivity contribution < 1.29 is 14.9 Å². The fraction of sp³-hybridized carbons (Fsp3) is 0.0435. The summed E-state index contributed by atoms with van der Waals surface area (Å²) in [5.41, 5.74) is 0.0563. The van der Waals surface area contributed by atoms with Gasteiger partial charge in [-0.1, -0.05) is 6.07 Å². The van der Waals surface area contributed by atoms with Crippen LogP contribution in [0.3, 0.4) is 0 Å². The first-order chi connectivity index (χ1) is 15.5. The van der Waals surface area contributed by atoms with E-state index in [1.165, 1.54) is 24.5 Å². The molecule has 0 aliphatic carbocycles. The molecule has 32 heavy (non-hydrogen) atoms. The molecule has 6 rings (SSSR count). The molecule has 5 heterocycles. The number of aromatic hydroxyl groups is 2. The molecule has 1 atom stereocenters. The van der Waals surface area contributed by atoms with Crippen LogP contribution in [0.25, 0.3) is 22.1 Å². The second kappa shape index (κ2) is 6.42. The molecule has 1 aromatic carbocycles. The highest BCUT2D eigenvalue weighted by atomic mass is 16.5. The van der Waals surface area contributed by atoms with Gasteiger partial charge in [-0.05, 0) is 30.3 Å². The minimum Gasteiger partial charge on any atom is -0.508 e. The van der Waals surface area contributed by atoms with E-state index < -0.39 is 17.0 Å². The highest BCUT2D eigenvalue weighted by molar-refractivity contribution is 5.87. The largest absolute Gasteiger partial charge is 0.508 e. The third kappa shape index (κ3) is 2.45. The first kappa shape index (κ1) is 18.1. The molecule has 156 valence electrons. The molecule has 0 radical (unpaired) electrons. The smallest absolute Gasteiger partial charge is 0.257 e. The molecule has 9 heteroatoms. The van der Waals surface area contributed by atoms with E-state index in [4.69, 9.17) is 4.74 Å². The molecule has 0 unspecified atom stereocenters. The summed E-state index contributed by atoms with van der Waals surface area (Å²) in [6.07, 6.45) is 3.04. The number of benzene rings is 1. The third-order valence-electron chi connectivity index (χ3n) is 5.67. The summed E-state index contributed by atoms with van der Waals surface area (Å²) in [6.45, 7) is 0. The van der Waals surface area contributed by atoms with Crippen LogP contribution in [-0.2, 0) is 0 Å². The van der Waals surface area contributed by atoms with Gasteiger partial charge in [-0.2, -0.15) is 0 Å². The van der Waals surface area contributed by atoms with Crippen molar-refractivity contribution in [2.75, 3.05) is 0 Å². The Balaban J connectivity index is 1.77. The lowest BCUT2D eigenvalue weighted by Crippen LogP contribution is -2.27. The summed E-state index contributed by atoms with van der Waals surface area (Å²) < 4.78 is 6.05. The van der Waals surface area contributed by atoms with E-state index >= 15 is 0 Å². The zero-order valence-corrected chi connectivity index (χ0v) is 16.3. The normalized spacial score (nSPS) is 14.7. The van der Waals surface area contributed by atoms with Crippen molar-refractivity contribution in [3.8, 4) is 23.0 Å². The van der Waals surface area contributed by atoms with Crippen molar-refractivity contribution in [2.24, 2.45) is 0 Å². The van der Waals surface area contributed by atoms with Gasteiger partial charge in [0.25, 0.3) is 11.1 Å². The van der Waals surface area contributed by atoms with E-state index in [1.807, 2.05) is 0 Å². The Morgan fingerprint density at radius 1 is 0.844 bits per heavy atom. The van der Waals surface area contributed by atoms with Crippen LogP contribution in [0.1, 0.15) is 22.6 Å². The van der Waals surface area contributed by atoms with Gasteiger partial charge in [0.2, 0.25) is 0 Å². The van der Waals surface area contributed by atoms with Crippen molar-refractivity contribution >= 4 is 22.1 Å². The standard InChI is InChI=1S/C23H14N4O5/c28-10-5-6-11-14(9-10)32-19-13-4-2-8-25-21(13)27-23(31)17(19)15(11)16-18(29)12-3-1-7-24-20(12)26-22(16)30/h1-9,15,28H,(H,25,27,31)(H2,24,26,29,30)/t15-/m1/s1. The summed E-state index contributed by atoms with van der Waals surface area (Å²) >= 11 is 0. The molecular weight excluding hydrogens is 412 g/mol. The first-order valence-electron chi connectivity index (χ1n) is 9.74.